The van der Waals surface area contributed by atoms with Crippen molar-refractivity contribution in [3.05, 3.63) is 15.8 Å². The largest absolute Gasteiger partial charge is 0.368 e. The Kier molecular flexibility index (Phi) is 4.63. The molecule has 1 aromatic heterocycles. The summed E-state index contributed by atoms with van der Waals surface area (Å²) < 4.78 is 0. The Morgan fingerprint density at radius 1 is 1.26 bits per heavy atom. The minimum Gasteiger partial charge on any atom is -0.368 e. The number of nitrogens with two attached hydrogens (primary N) is 1. The van der Waals surface area contributed by atoms with E-state index in [1.807, 2.05) is 20.8 Å². The molecule has 0 fully saturated rings. The highest BCUT2D eigenvalue weighted by atomic mass is 16.6. The first-order valence-corrected chi connectivity index (χ1v) is 6.45. The molecule has 0 radical (unpaired) electrons. The van der Waals surface area contributed by atoms with E-state index in [0.717, 1.165) is 19.3 Å². The summed E-state index contributed by atoms with van der Waals surface area (Å²) in [6.45, 7) is 7.70. The van der Waals surface area contributed by atoms with Gasteiger partial charge in [0.1, 0.15) is 5.69 Å². The van der Waals surface area contributed by atoms with Gasteiger partial charge in [-0.2, -0.15) is 4.98 Å². The Bertz CT molecular complexity index is 463. The molecule has 1 heterocycles. The van der Waals surface area contributed by atoms with Gasteiger partial charge in [0.2, 0.25) is 11.8 Å². The lowest BCUT2D eigenvalue weighted by atomic mass is 9.90. The van der Waals surface area contributed by atoms with Gasteiger partial charge in [-0.1, -0.05) is 20.8 Å². The van der Waals surface area contributed by atoms with Crippen LogP contribution in [0.4, 0.5) is 17.5 Å². The number of nitro groups is 1. The molecule has 7 nitrogen and oxygen atoms in total. The maximum absolute atomic E-state index is 11.1. The number of rotatable bonds is 6. The molecule has 106 valence electrons. The van der Waals surface area contributed by atoms with Gasteiger partial charge in [-0.05, 0) is 26.2 Å². The van der Waals surface area contributed by atoms with Gasteiger partial charge >= 0.3 is 5.69 Å². The van der Waals surface area contributed by atoms with Crippen LogP contribution < -0.4 is 11.1 Å². The standard InChI is InChI=1S/C12H21N5O2/c1-5-12(6-2,7-3)16-10-9(17(18)19)8(4)14-11(13)15-10/h5-7H2,1-4H3,(H3,13,14,15,16). The van der Waals surface area contributed by atoms with Gasteiger partial charge in [-0.3, -0.25) is 10.1 Å². The predicted octanol–water partition coefficient (Wildman–Crippen LogP) is 2.66. The van der Waals surface area contributed by atoms with Crippen LogP contribution in [0.15, 0.2) is 0 Å². The maximum Gasteiger partial charge on any atom is 0.332 e. The Balaban J connectivity index is 3.30. The molecule has 0 amide bonds. The summed E-state index contributed by atoms with van der Waals surface area (Å²) in [5.74, 6) is 0.253. The van der Waals surface area contributed by atoms with Crippen molar-refractivity contribution >= 4 is 17.5 Å². The maximum atomic E-state index is 11.1. The fraction of sp³-hybridized carbons (Fsp3) is 0.667. The summed E-state index contributed by atoms with van der Waals surface area (Å²) in [5.41, 5.74) is 5.55. The Morgan fingerprint density at radius 3 is 2.21 bits per heavy atom. The summed E-state index contributed by atoms with van der Waals surface area (Å²) in [6, 6.07) is 0. The third-order valence-electron chi connectivity index (χ3n) is 3.67. The lowest BCUT2D eigenvalue weighted by Crippen LogP contribution is -2.37. The van der Waals surface area contributed by atoms with Crippen LogP contribution in [0.5, 0.6) is 0 Å². The van der Waals surface area contributed by atoms with Crippen LogP contribution in [-0.4, -0.2) is 20.4 Å². The second-order valence-corrected chi connectivity index (χ2v) is 4.59. The summed E-state index contributed by atoms with van der Waals surface area (Å²) >= 11 is 0. The van der Waals surface area contributed by atoms with E-state index in [-0.39, 0.29) is 28.7 Å². The molecule has 1 rings (SSSR count). The van der Waals surface area contributed by atoms with E-state index < -0.39 is 4.92 Å². The highest BCUT2D eigenvalue weighted by Crippen LogP contribution is 2.31. The lowest BCUT2D eigenvalue weighted by Gasteiger charge is -2.32. The zero-order valence-electron chi connectivity index (χ0n) is 11.9. The van der Waals surface area contributed by atoms with Crippen LogP contribution in [0, 0.1) is 17.0 Å². The van der Waals surface area contributed by atoms with E-state index in [2.05, 4.69) is 15.3 Å². The molecule has 0 aromatic carbocycles. The summed E-state index contributed by atoms with van der Waals surface area (Å²) in [7, 11) is 0. The number of hydrogen-bond donors (Lipinski definition) is 2. The number of hydrogen-bond acceptors (Lipinski definition) is 6. The van der Waals surface area contributed by atoms with Crippen molar-refractivity contribution in [2.75, 3.05) is 11.1 Å². The van der Waals surface area contributed by atoms with Gasteiger partial charge in [-0.25, -0.2) is 4.98 Å². The Hall–Kier alpha value is -1.92. The topological polar surface area (TPSA) is 107 Å². The predicted molar refractivity (Wildman–Crippen MR) is 75.1 cm³/mol. The molecule has 0 saturated carbocycles. The second kappa shape index (κ2) is 5.81. The molecular formula is C12H21N5O2. The molecule has 3 N–H and O–H groups in total. The van der Waals surface area contributed by atoms with E-state index in [4.69, 9.17) is 5.73 Å². The van der Waals surface area contributed by atoms with Crippen molar-refractivity contribution < 1.29 is 4.92 Å². The molecule has 0 spiro atoms. The van der Waals surface area contributed by atoms with Crippen molar-refractivity contribution in [3.63, 3.8) is 0 Å². The van der Waals surface area contributed by atoms with Gasteiger partial charge in [0.25, 0.3) is 0 Å². The first-order valence-electron chi connectivity index (χ1n) is 6.45. The van der Waals surface area contributed by atoms with Gasteiger partial charge in [-0.15, -0.1) is 0 Å². The summed E-state index contributed by atoms with van der Waals surface area (Å²) in [6.07, 6.45) is 2.54. The molecule has 0 aliphatic rings. The van der Waals surface area contributed by atoms with E-state index in [1.54, 1.807) is 6.92 Å². The van der Waals surface area contributed by atoms with Gasteiger partial charge in [0.05, 0.1) is 4.92 Å². The fourth-order valence-electron chi connectivity index (χ4n) is 2.16. The van der Waals surface area contributed by atoms with Crippen LogP contribution in [0.2, 0.25) is 0 Å². The molecule has 7 heteroatoms. The normalized spacial score (nSPS) is 11.4. The van der Waals surface area contributed by atoms with Crippen LogP contribution in [0.1, 0.15) is 45.7 Å². The quantitative estimate of drug-likeness (QED) is 0.606. The molecule has 1 aromatic rings. The Labute approximate surface area is 112 Å². The highest BCUT2D eigenvalue weighted by molar-refractivity contribution is 5.61. The third-order valence-corrected chi connectivity index (χ3v) is 3.67. The van der Waals surface area contributed by atoms with Gasteiger partial charge in [0, 0.05) is 5.54 Å². The monoisotopic (exact) mass is 267 g/mol. The third kappa shape index (κ3) is 3.10. The fourth-order valence-corrected chi connectivity index (χ4v) is 2.16. The molecular weight excluding hydrogens is 246 g/mol. The number of aromatic nitrogens is 2. The van der Waals surface area contributed by atoms with Crippen LogP contribution in [0.3, 0.4) is 0 Å². The SMILES string of the molecule is CCC(CC)(CC)Nc1nc(N)nc(C)c1[N+](=O)[O-]. The van der Waals surface area contributed by atoms with Crippen molar-refractivity contribution in [1.82, 2.24) is 9.97 Å². The number of nitrogens with zero attached hydrogens (tertiary/aromatic N) is 3. The molecule has 0 saturated heterocycles. The van der Waals surface area contributed by atoms with Crippen LogP contribution >= 0.6 is 0 Å². The minimum atomic E-state index is -0.469. The molecule has 19 heavy (non-hydrogen) atoms. The van der Waals surface area contributed by atoms with Gasteiger partial charge in [0.15, 0.2) is 0 Å². The first-order chi connectivity index (χ1) is 8.89. The van der Waals surface area contributed by atoms with Crippen LogP contribution in [-0.2, 0) is 0 Å². The number of aryl methyl sites for hydroxylation is 1. The molecule has 0 unspecified atom stereocenters. The first kappa shape index (κ1) is 15.1. The van der Waals surface area contributed by atoms with Crippen LogP contribution in [0.25, 0.3) is 0 Å². The average molecular weight is 267 g/mol. The molecule has 0 aliphatic heterocycles. The lowest BCUT2D eigenvalue weighted by molar-refractivity contribution is -0.385. The number of nitrogen functional groups attached to an aromatic ring is 1. The van der Waals surface area contributed by atoms with Crippen molar-refractivity contribution in [1.29, 1.82) is 0 Å². The summed E-state index contributed by atoms with van der Waals surface area (Å²) in [5, 5.41) is 14.3. The minimum absolute atomic E-state index is 0.0443. The molecule has 0 bridgehead atoms. The smallest absolute Gasteiger partial charge is 0.332 e. The van der Waals surface area contributed by atoms with E-state index in [0.29, 0.717) is 0 Å². The van der Waals surface area contributed by atoms with E-state index >= 15 is 0 Å². The summed E-state index contributed by atoms with van der Waals surface area (Å²) in [4.78, 5) is 18.5. The second-order valence-electron chi connectivity index (χ2n) is 4.59. The number of nitrogens with one attached hydrogen (secondary N) is 1. The van der Waals surface area contributed by atoms with Crippen molar-refractivity contribution in [2.24, 2.45) is 0 Å². The van der Waals surface area contributed by atoms with E-state index in [1.165, 1.54) is 0 Å². The van der Waals surface area contributed by atoms with Crippen molar-refractivity contribution in [3.8, 4) is 0 Å². The zero-order valence-corrected chi connectivity index (χ0v) is 11.9. The highest BCUT2D eigenvalue weighted by Gasteiger charge is 2.29. The average Bonchev–Trinajstić information content (AvgIpc) is 2.34. The van der Waals surface area contributed by atoms with Gasteiger partial charge < -0.3 is 11.1 Å². The molecule has 0 atom stereocenters. The van der Waals surface area contributed by atoms with Crippen molar-refractivity contribution in [2.45, 2.75) is 52.5 Å². The molecule has 0 aliphatic carbocycles. The zero-order chi connectivity index (χ0) is 14.6. The Morgan fingerprint density at radius 2 is 1.79 bits per heavy atom. The number of anilines is 2. The van der Waals surface area contributed by atoms with E-state index in [9.17, 15) is 10.1 Å².